The Morgan fingerprint density at radius 3 is 2.47 bits per heavy atom. The zero-order valence-electron chi connectivity index (χ0n) is 17.1. The third kappa shape index (κ3) is 3.68. The highest BCUT2D eigenvalue weighted by Gasteiger charge is 2.45. The van der Waals surface area contributed by atoms with E-state index < -0.39 is 37.1 Å². The van der Waals surface area contributed by atoms with E-state index >= 15 is 0 Å². The maximum absolute atomic E-state index is 10.6. The molecule has 1 saturated heterocycles. The molecule has 30 heavy (non-hydrogen) atoms. The number of rotatable bonds is 5. The van der Waals surface area contributed by atoms with E-state index in [1.54, 1.807) is 7.11 Å². The van der Waals surface area contributed by atoms with Gasteiger partial charge in [0.15, 0.2) is 0 Å². The predicted molar refractivity (Wildman–Crippen MR) is 109 cm³/mol. The Morgan fingerprint density at radius 2 is 1.80 bits per heavy atom. The van der Waals surface area contributed by atoms with Crippen LogP contribution in [0, 0.1) is 6.92 Å². The summed E-state index contributed by atoms with van der Waals surface area (Å²) in [5.41, 5.74) is 4.83. The van der Waals surface area contributed by atoms with E-state index in [-0.39, 0.29) is 0 Å². The zero-order chi connectivity index (χ0) is 21.4. The molecule has 7 heteroatoms. The average Bonchev–Trinajstić information content (AvgIpc) is 3.26. The summed E-state index contributed by atoms with van der Waals surface area (Å²) < 4.78 is 16.9. The first-order valence-electron chi connectivity index (χ1n) is 10.2. The largest absolute Gasteiger partial charge is 0.497 e. The van der Waals surface area contributed by atoms with Crippen LogP contribution in [0.2, 0.25) is 0 Å². The highest BCUT2D eigenvalue weighted by Crippen LogP contribution is 2.42. The van der Waals surface area contributed by atoms with Crippen LogP contribution < -0.4 is 9.47 Å². The van der Waals surface area contributed by atoms with Crippen molar-refractivity contribution in [2.45, 2.75) is 50.3 Å². The molecule has 4 N–H and O–H groups in total. The Labute approximate surface area is 175 Å². The van der Waals surface area contributed by atoms with Crippen molar-refractivity contribution in [3.8, 4) is 11.5 Å². The van der Waals surface area contributed by atoms with Gasteiger partial charge in [-0.15, -0.1) is 0 Å². The first kappa shape index (κ1) is 21.1. The fourth-order valence-corrected chi connectivity index (χ4v) is 4.39. The summed E-state index contributed by atoms with van der Waals surface area (Å²) in [7, 11) is 1.63. The van der Waals surface area contributed by atoms with Crippen LogP contribution in [0.15, 0.2) is 30.3 Å². The number of hydrogen-bond acceptors (Lipinski definition) is 7. The second-order valence-corrected chi connectivity index (χ2v) is 7.93. The highest BCUT2D eigenvalue weighted by atomic mass is 16.5. The molecule has 0 aliphatic carbocycles. The Hall–Kier alpha value is -2.16. The SMILES string of the molecule is COc1ccc(Cc2cc([C@@H]3O[C@H](CO)[C@@H](O)[C@H](O)[C@H]3O)c(C)c3c2CCO3)cc1. The molecule has 2 aromatic rings. The molecule has 0 amide bonds. The molecule has 7 nitrogen and oxygen atoms in total. The minimum Gasteiger partial charge on any atom is -0.497 e. The summed E-state index contributed by atoms with van der Waals surface area (Å²) >= 11 is 0. The van der Waals surface area contributed by atoms with Crippen molar-refractivity contribution < 1.29 is 34.6 Å². The number of fused-ring (bicyclic) bond motifs is 1. The lowest BCUT2D eigenvalue weighted by molar-refractivity contribution is -0.231. The van der Waals surface area contributed by atoms with Crippen molar-refractivity contribution in [1.29, 1.82) is 0 Å². The van der Waals surface area contributed by atoms with E-state index in [0.29, 0.717) is 18.6 Å². The molecule has 2 aliphatic heterocycles. The Bertz CT molecular complexity index is 893. The normalized spacial score (nSPS) is 28.1. The van der Waals surface area contributed by atoms with Gasteiger partial charge in [-0.25, -0.2) is 0 Å². The van der Waals surface area contributed by atoms with E-state index in [1.165, 1.54) is 0 Å². The quantitative estimate of drug-likeness (QED) is 0.577. The highest BCUT2D eigenvalue weighted by molar-refractivity contribution is 5.54. The Kier molecular flexibility index (Phi) is 5.99. The van der Waals surface area contributed by atoms with Gasteiger partial charge in [0, 0.05) is 12.0 Å². The van der Waals surface area contributed by atoms with Crippen molar-refractivity contribution in [2.24, 2.45) is 0 Å². The van der Waals surface area contributed by atoms with E-state index in [9.17, 15) is 20.4 Å². The van der Waals surface area contributed by atoms with Crippen LogP contribution in [0.4, 0.5) is 0 Å². The standard InChI is InChI=1S/C23H28O7/c1-12-17(23-21(27)20(26)19(25)18(11-24)30-23)10-14(16-7-8-29-22(12)16)9-13-3-5-15(28-2)6-4-13/h3-6,10,18-21,23-27H,7-9,11H2,1-2H3/t18-,19-,20+,21-,23+/m1/s1. The van der Waals surface area contributed by atoms with Crippen molar-refractivity contribution in [2.75, 3.05) is 20.3 Å². The summed E-state index contributed by atoms with van der Waals surface area (Å²) in [4.78, 5) is 0. The molecule has 0 radical (unpaired) electrons. The van der Waals surface area contributed by atoms with Gasteiger partial charge in [0.05, 0.1) is 20.3 Å². The number of aliphatic hydroxyl groups is 4. The van der Waals surface area contributed by atoms with Gasteiger partial charge in [0.1, 0.15) is 42.0 Å². The van der Waals surface area contributed by atoms with Gasteiger partial charge < -0.3 is 34.6 Å². The van der Waals surface area contributed by atoms with Gasteiger partial charge in [-0.1, -0.05) is 18.2 Å². The van der Waals surface area contributed by atoms with Crippen LogP contribution in [0.3, 0.4) is 0 Å². The maximum atomic E-state index is 10.6. The van der Waals surface area contributed by atoms with Crippen LogP contribution in [-0.2, 0) is 17.6 Å². The summed E-state index contributed by atoms with van der Waals surface area (Å²) in [6, 6.07) is 9.83. The van der Waals surface area contributed by atoms with Gasteiger partial charge in [-0.05, 0) is 47.7 Å². The third-order valence-electron chi connectivity index (χ3n) is 6.12. The topological polar surface area (TPSA) is 109 Å². The van der Waals surface area contributed by atoms with E-state index in [4.69, 9.17) is 14.2 Å². The summed E-state index contributed by atoms with van der Waals surface area (Å²) in [6.45, 7) is 2.03. The molecule has 2 aliphatic rings. The lowest BCUT2D eigenvalue weighted by Crippen LogP contribution is -2.55. The summed E-state index contributed by atoms with van der Waals surface area (Å²) in [5, 5.41) is 40.5. The molecule has 2 aromatic carbocycles. The minimum absolute atomic E-state index is 0.458. The monoisotopic (exact) mass is 416 g/mol. The first-order valence-corrected chi connectivity index (χ1v) is 10.2. The molecule has 0 aromatic heterocycles. The van der Waals surface area contributed by atoms with Gasteiger partial charge in [-0.3, -0.25) is 0 Å². The second-order valence-electron chi connectivity index (χ2n) is 7.93. The van der Waals surface area contributed by atoms with Crippen molar-refractivity contribution in [3.05, 3.63) is 58.1 Å². The van der Waals surface area contributed by atoms with E-state index in [0.717, 1.165) is 40.2 Å². The molecule has 0 bridgehead atoms. The molecule has 162 valence electrons. The van der Waals surface area contributed by atoms with Crippen molar-refractivity contribution in [1.82, 2.24) is 0 Å². The van der Waals surface area contributed by atoms with Gasteiger partial charge in [0.25, 0.3) is 0 Å². The molecule has 0 saturated carbocycles. The van der Waals surface area contributed by atoms with Crippen LogP contribution in [-0.4, -0.2) is 65.2 Å². The predicted octanol–water partition coefficient (Wildman–Crippen LogP) is 1.04. The molecule has 2 heterocycles. The number of benzene rings is 2. The van der Waals surface area contributed by atoms with E-state index in [2.05, 4.69) is 0 Å². The Morgan fingerprint density at radius 1 is 1.07 bits per heavy atom. The number of hydrogen-bond donors (Lipinski definition) is 4. The molecule has 5 atom stereocenters. The summed E-state index contributed by atoms with van der Waals surface area (Å²) in [6.07, 6.45) is -4.49. The van der Waals surface area contributed by atoms with Crippen LogP contribution in [0.1, 0.15) is 33.9 Å². The smallest absolute Gasteiger partial charge is 0.126 e. The zero-order valence-corrected chi connectivity index (χ0v) is 17.1. The molecule has 4 rings (SSSR count). The fourth-order valence-electron chi connectivity index (χ4n) is 4.39. The van der Waals surface area contributed by atoms with Crippen molar-refractivity contribution in [3.63, 3.8) is 0 Å². The first-order chi connectivity index (χ1) is 14.4. The average molecular weight is 416 g/mol. The minimum atomic E-state index is -1.42. The Balaban J connectivity index is 1.72. The summed E-state index contributed by atoms with van der Waals surface area (Å²) in [5.74, 6) is 1.58. The number of aliphatic hydroxyl groups excluding tert-OH is 4. The fraction of sp³-hybridized carbons (Fsp3) is 0.478. The van der Waals surface area contributed by atoms with E-state index in [1.807, 2.05) is 37.3 Å². The number of methoxy groups -OCH3 is 1. The number of ether oxygens (including phenoxy) is 3. The molecular formula is C23H28O7. The van der Waals surface area contributed by atoms with Crippen LogP contribution >= 0.6 is 0 Å². The van der Waals surface area contributed by atoms with Crippen LogP contribution in [0.5, 0.6) is 11.5 Å². The molecule has 0 unspecified atom stereocenters. The van der Waals surface area contributed by atoms with Gasteiger partial charge >= 0.3 is 0 Å². The lowest BCUT2D eigenvalue weighted by Gasteiger charge is -2.41. The van der Waals surface area contributed by atoms with Gasteiger partial charge in [-0.2, -0.15) is 0 Å². The molecule has 1 fully saturated rings. The van der Waals surface area contributed by atoms with Crippen molar-refractivity contribution >= 4 is 0 Å². The molecular weight excluding hydrogens is 388 g/mol. The third-order valence-corrected chi connectivity index (χ3v) is 6.12. The maximum Gasteiger partial charge on any atom is 0.126 e. The lowest BCUT2D eigenvalue weighted by atomic mass is 9.86. The molecule has 0 spiro atoms. The van der Waals surface area contributed by atoms with Crippen LogP contribution in [0.25, 0.3) is 0 Å². The second kappa shape index (κ2) is 8.53. The van der Waals surface area contributed by atoms with Gasteiger partial charge in [0.2, 0.25) is 0 Å².